The number of amides is 1. The van der Waals surface area contributed by atoms with E-state index in [2.05, 4.69) is 10.2 Å². The zero-order valence-corrected chi connectivity index (χ0v) is 15.6. The monoisotopic (exact) mass is 374 g/mol. The zero-order chi connectivity index (χ0) is 17.8. The van der Waals surface area contributed by atoms with Crippen molar-refractivity contribution in [2.24, 2.45) is 0 Å². The molecular formula is C17H18N4O2S2. The highest BCUT2D eigenvalue weighted by atomic mass is 32.1. The lowest BCUT2D eigenvalue weighted by molar-refractivity contribution is -0.131. The Balaban J connectivity index is 1.79. The van der Waals surface area contributed by atoms with E-state index < -0.39 is 0 Å². The van der Waals surface area contributed by atoms with E-state index >= 15 is 0 Å². The van der Waals surface area contributed by atoms with Crippen LogP contribution < -0.4 is 4.74 Å². The maximum absolute atomic E-state index is 12.6. The minimum absolute atomic E-state index is 0.0272. The van der Waals surface area contributed by atoms with Crippen molar-refractivity contribution < 1.29 is 9.53 Å². The van der Waals surface area contributed by atoms with Crippen molar-refractivity contribution in [3.05, 3.63) is 51.4 Å². The predicted molar refractivity (Wildman–Crippen MR) is 100 cm³/mol. The number of H-pyrrole nitrogens is 1. The average Bonchev–Trinajstić information content (AvgIpc) is 3.25. The summed E-state index contributed by atoms with van der Waals surface area (Å²) in [6.45, 7) is 0.720. The van der Waals surface area contributed by atoms with E-state index in [9.17, 15) is 4.79 Å². The molecule has 2 aromatic heterocycles. The number of benzene rings is 1. The van der Waals surface area contributed by atoms with Gasteiger partial charge in [0.1, 0.15) is 12.3 Å². The van der Waals surface area contributed by atoms with Gasteiger partial charge >= 0.3 is 0 Å². The highest BCUT2D eigenvalue weighted by Crippen LogP contribution is 2.21. The van der Waals surface area contributed by atoms with E-state index in [4.69, 9.17) is 17.0 Å². The number of nitrogens with zero attached hydrogens (tertiary/aromatic N) is 3. The minimum atomic E-state index is -0.0272. The third-order valence-electron chi connectivity index (χ3n) is 3.80. The van der Waals surface area contributed by atoms with Crippen LogP contribution in [0.1, 0.15) is 4.88 Å². The van der Waals surface area contributed by atoms with Gasteiger partial charge in [-0.05, 0) is 47.9 Å². The summed E-state index contributed by atoms with van der Waals surface area (Å²) in [7, 11) is 3.41. The molecule has 1 amide bonds. The first-order chi connectivity index (χ1) is 12.1. The predicted octanol–water partition coefficient (Wildman–Crippen LogP) is 3.34. The number of carbonyl (C=O) groups is 1. The van der Waals surface area contributed by atoms with Gasteiger partial charge in [-0.2, -0.15) is 5.10 Å². The van der Waals surface area contributed by atoms with E-state index in [0.29, 0.717) is 17.1 Å². The number of nitrogens with one attached hydrogen (secondary N) is 1. The number of carbonyl (C=O) groups excluding carboxylic acids is 1. The molecular weight excluding hydrogens is 356 g/mol. The molecule has 0 spiro atoms. The van der Waals surface area contributed by atoms with Crippen LogP contribution in [-0.2, 0) is 17.9 Å². The number of aromatic amines is 1. The molecule has 0 saturated heterocycles. The number of likely N-dealkylation sites (N-methyl/N-ethyl adjacent to an activating group) is 1. The first kappa shape index (κ1) is 17.4. The smallest absolute Gasteiger partial charge is 0.242 e. The van der Waals surface area contributed by atoms with Gasteiger partial charge in [0.25, 0.3) is 0 Å². The molecule has 0 radical (unpaired) electrons. The fourth-order valence-electron chi connectivity index (χ4n) is 2.41. The van der Waals surface area contributed by atoms with Gasteiger partial charge in [0.15, 0.2) is 10.6 Å². The highest BCUT2D eigenvalue weighted by molar-refractivity contribution is 7.71. The van der Waals surface area contributed by atoms with Crippen molar-refractivity contribution in [2.45, 2.75) is 13.1 Å². The van der Waals surface area contributed by atoms with Crippen LogP contribution in [0.2, 0.25) is 0 Å². The summed E-state index contributed by atoms with van der Waals surface area (Å²) in [5.74, 6) is 1.36. The van der Waals surface area contributed by atoms with Gasteiger partial charge in [-0.25, -0.2) is 0 Å². The molecule has 1 aromatic carbocycles. The Bertz CT molecular complexity index is 898. The van der Waals surface area contributed by atoms with Gasteiger partial charge in [-0.1, -0.05) is 6.07 Å². The second-order valence-electron chi connectivity index (χ2n) is 5.50. The molecule has 3 aromatic rings. The molecule has 2 heterocycles. The minimum Gasteiger partial charge on any atom is -0.497 e. The first-order valence-corrected chi connectivity index (χ1v) is 8.93. The van der Waals surface area contributed by atoms with Crippen LogP contribution in [0, 0.1) is 4.77 Å². The van der Waals surface area contributed by atoms with Crippen molar-refractivity contribution in [3.63, 3.8) is 0 Å². The van der Waals surface area contributed by atoms with Gasteiger partial charge in [-0.15, -0.1) is 11.3 Å². The topological polar surface area (TPSA) is 63.1 Å². The molecule has 0 aliphatic rings. The lowest BCUT2D eigenvalue weighted by atomic mass is 10.2. The molecule has 0 bridgehead atoms. The summed E-state index contributed by atoms with van der Waals surface area (Å²) in [4.78, 5) is 15.4. The van der Waals surface area contributed by atoms with Gasteiger partial charge < -0.3 is 9.64 Å². The third kappa shape index (κ3) is 3.97. The summed E-state index contributed by atoms with van der Waals surface area (Å²) in [6, 6.07) is 11.5. The standard InChI is InChI=1S/C17H18N4O2S2/c1-20(10-14-4-3-9-25-14)15(22)11-21-16(18-19-17(21)24)12-5-7-13(23-2)8-6-12/h3-9H,10-11H2,1-2H3,(H,19,24). The fourth-order valence-corrected chi connectivity index (χ4v) is 3.36. The van der Waals surface area contributed by atoms with E-state index in [-0.39, 0.29) is 12.5 Å². The SMILES string of the molecule is COc1ccc(-c2n[nH]c(=S)n2CC(=O)N(C)Cc2cccs2)cc1. The third-order valence-corrected chi connectivity index (χ3v) is 4.97. The molecule has 0 atom stereocenters. The van der Waals surface area contributed by atoms with E-state index in [1.165, 1.54) is 0 Å². The molecule has 0 aliphatic carbocycles. The van der Waals surface area contributed by atoms with Gasteiger partial charge in [0, 0.05) is 17.5 Å². The summed E-state index contributed by atoms with van der Waals surface area (Å²) < 4.78 is 7.30. The van der Waals surface area contributed by atoms with Crippen molar-refractivity contribution in [1.29, 1.82) is 0 Å². The number of aromatic nitrogens is 3. The van der Waals surface area contributed by atoms with Crippen molar-refractivity contribution in [2.75, 3.05) is 14.2 Å². The zero-order valence-electron chi connectivity index (χ0n) is 13.9. The van der Waals surface area contributed by atoms with Crippen molar-refractivity contribution >= 4 is 29.5 Å². The Labute approximate surface area is 154 Å². The van der Waals surface area contributed by atoms with E-state index in [0.717, 1.165) is 16.2 Å². The molecule has 3 rings (SSSR count). The quantitative estimate of drug-likeness (QED) is 0.672. The first-order valence-electron chi connectivity index (χ1n) is 7.64. The molecule has 0 aliphatic heterocycles. The second-order valence-corrected chi connectivity index (χ2v) is 6.92. The number of hydrogen-bond donors (Lipinski definition) is 1. The maximum Gasteiger partial charge on any atom is 0.242 e. The second kappa shape index (κ2) is 7.62. The van der Waals surface area contributed by atoms with Crippen LogP contribution in [0.25, 0.3) is 11.4 Å². The van der Waals surface area contributed by atoms with Gasteiger partial charge in [0.2, 0.25) is 5.91 Å². The Morgan fingerprint density at radius 2 is 2.12 bits per heavy atom. The normalized spacial score (nSPS) is 10.6. The van der Waals surface area contributed by atoms with Crippen LogP contribution in [0.15, 0.2) is 41.8 Å². The fraction of sp³-hybridized carbons (Fsp3) is 0.235. The van der Waals surface area contributed by atoms with Crippen LogP contribution >= 0.6 is 23.6 Å². The highest BCUT2D eigenvalue weighted by Gasteiger charge is 2.16. The number of rotatable bonds is 6. The van der Waals surface area contributed by atoms with Gasteiger partial charge in [-0.3, -0.25) is 14.5 Å². The van der Waals surface area contributed by atoms with Crippen molar-refractivity contribution in [1.82, 2.24) is 19.7 Å². The van der Waals surface area contributed by atoms with Crippen LogP contribution in [0.4, 0.5) is 0 Å². The van der Waals surface area contributed by atoms with Crippen LogP contribution in [0.3, 0.4) is 0 Å². The summed E-state index contributed by atoms with van der Waals surface area (Å²) in [5, 5.41) is 9.04. The Morgan fingerprint density at radius 1 is 1.36 bits per heavy atom. The lowest BCUT2D eigenvalue weighted by Gasteiger charge is -2.17. The van der Waals surface area contributed by atoms with Crippen molar-refractivity contribution in [3.8, 4) is 17.1 Å². The van der Waals surface area contributed by atoms with E-state index in [1.807, 2.05) is 41.8 Å². The average molecular weight is 374 g/mol. The molecule has 6 nitrogen and oxygen atoms in total. The molecule has 0 unspecified atom stereocenters. The Morgan fingerprint density at radius 3 is 2.76 bits per heavy atom. The molecule has 0 fully saturated rings. The van der Waals surface area contributed by atoms with Crippen LogP contribution in [0.5, 0.6) is 5.75 Å². The molecule has 8 heteroatoms. The number of methoxy groups -OCH3 is 1. The van der Waals surface area contributed by atoms with Gasteiger partial charge in [0.05, 0.1) is 13.7 Å². The number of thiophene rings is 1. The molecule has 130 valence electrons. The Hall–Kier alpha value is -2.45. The lowest BCUT2D eigenvalue weighted by Crippen LogP contribution is -2.29. The van der Waals surface area contributed by atoms with E-state index in [1.54, 1.807) is 35.0 Å². The maximum atomic E-state index is 12.6. The number of ether oxygens (including phenoxy) is 1. The molecule has 25 heavy (non-hydrogen) atoms. The molecule has 0 saturated carbocycles. The largest absolute Gasteiger partial charge is 0.497 e. The summed E-state index contributed by atoms with van der Waals surface area (Å²) >= 11 is 6.93. The molecule has 1 N–H and O–H groups in total. The van der Waals surface area contributed by atoms with Crippen LogP contribution in [-0.4, -0.2) is 39.7 Å². The summed E-state index contributed by atoms with van der Waals surface area (Å²) in [5.41, 5.74) is 0.863. The number of hydrogen-bond acceptors (Lipinski definition) is 5. The summed E-state index contributed by atoms with van der Waals surface area (Å²) in [6.07, 6.45) is 0. The Kier molecular flexibility index (Phi) is 5.30.